The zero-order valence-corrected chi connectivity index (χ0v) is 12.1. The van der Waals surface area contributed by atoms with Gasteiger partial charge in [0, 0.05) is 12.6 Å². The molecular formula is C15H27NO3. The van der Waals surface area contributed by atoms with Gasteiger partial charge in [0.1, 0.15) is 0 Å². The predicted octanol–water partition coefficient (Wildman–Crippen LogP) is 2.11. The van der Waals surface area contributed by atoms with Crippen molar-refractivity contribution in [3.8, 4) is 0 Å². The topological polar surface area (TPSA) is 60.8 Å². The fourth-order valence-corrected chi connectivity index (χ4v) is 3.63. The van der Waals surface area contributed by atoms with E-state index in [0.717, 1.165) is 12.5 Å². The number of aliphatic hydroxyl groups is 1. The number of carboxylic acids is 1. The van der Waals surface area contributed by atoms with Crippen LogP contribution >= 0.6 is 0 Å². The molecule has 1 aliphatic heterocycles. The molecule has 2 unspecified atom stereocenters. The molecule has 2 fully saturated rings. The largest absolute Gasteiger partial charge is 0.481 e. The van der Waals surface area contributed by atoms with Crippen molar-refractivity contribution in [3.05, 3.63) is 0 Å². The third-order valence-corrected chi connectivity index (χ3v) is 5.04. The van der Waals surface area contributed by atoms with E-state index >= 15 is 0 Å². The van der Waals surface area contributed by atoms with E-state index < -0.39 is 11.6 Å². The quantitative estimate of drug-likeness (QED) is 0.824. The number of β-amino-alcohol motifs (C(OH)–C–C–N with tert-alkyl or cyclic N) is 1. The third kappa shape index (κ3) is 3.69. The molecule has 1 heterocycles. The number of hydrogen-bond acceptors (Lipinski definition) is 3. The van der Waals surface area contributed by atoms with E-state index in [4.69, 9.17) is 5.11 Å². The van der Waals surface area contributed by atoms with Gasteiger partial charge >= 0.3 is 5.97 Å². The van der Waals surface area contributed by atoms with Gasteiger partial charge in [-0.2, -0.15) is 0 Å². The summed E-state index contributed by atoms with van der Waals surface area (Å²) < 4.78 is 0. The third-order valence-electron chi connectivity index (χ3n) is 5.04. The minimum atomic E-state index is -0.706. The Balaban J connectivity index is 1.87. The number of carbonyl (C=O) groups is 1. The monoisotopic (exact) mass is 269 g/mol. The molecule has 0 aromatic rings. The van der Waals surface area contributed by atoms with E-state index in [2.05, 4.69) is 18.7 Å². The van der Waals surface area contributed by atoms with Crippen molar-refractivity contribution in [1.29, 1.82) is 0 Å². The van der Waals surface area contributed by atoms with Crippen LogP contribution in [0.5, 0.6) is 0 Å². The second-order valence-electron chi connectivity index (χ2n) is 6.79. The van der Waals surface area contributed by atoms with Gasteiger partial charge < -0.3 is 10.2 Å². The summed E-state index contributed by atoms with van der Waals surface area (Å²) in [6, 6.07) is 0.532. The highest BCUT2D eigenvalue weighted by atomic mass is 16.4. The number of aliphatic carboxylic acids is 1. The molecule has 2 rings (SSSR count). The van der Waals surface area contributed by atoms with E-state index in [-0.39, 0.29) is 5.92 Å². The molecule has 110 valence electrons. The average molecular weight is 269 g/mol. The lowest BCUT2D eigenvalue weighted by molar-refractivity contribution is -0.145. The summed E-state index contributed by atoms with van der Waals surface area (Å²) in [5, 5.41) is 19.7. The Morgan fingerprint density at radius 2 is 1.89 bits per heavy atom. The smallest absolute Gasteiger partial charge is 0.306 e. The highest BCUT2D eigenvalue weighted by Gasteiger charge is 2.38. The summed E-state index contributed by atoms with van der Waals surface area (Å²) in [4.78, 5) is 13.3. The van der Waals surface area contributed by atoms with Crippen molar-refractivity contribution in [2.75, 3.05) is 13.1 Å². The van der Waals surface area contributed by atoms with Crippen LogP contribution in [0, 0.1) is 11.8 Å². The van der Waals surface area contributed by atoms with Crippen molar-refractivity contribution in [1.82, 2.24) is 4.90 Å². The van der Waals surface area contributed by atoms with Gasteiger partial charge in [-0.1, -0.05) is 6.92 Å². The summed E-state index contributed by atoms with van der Waals surface area (Å²) in [6.07, 6.45) is 4.90. The number of likely N-dealkylation sites (tertiary alicyclic amines) is 1. The molecule has 2 atom stereocenters. The van der Waals surface area contributed by atoms with Crippen molar-refractivity contribution in [2.24, 2.45) is 11.8 Å². The minimum Gasteiger partial charge on any atom is -0.481 e. The molecule has 1 aliphatic carbocycles. The van der Waals surface area contributed by atoms with Gasteiger partial charge in [0.2, 0.25) is 0 Å². The first-order chi connectivity index (χ1) is 8.89. The van der Waals surface area contributed by atoms with Crippen LogP contribution in [0.15, 0.2) is 0 Å². The van der Waals surface area contributed by atoms with Gasteiger partial charge in [0.15, 0.2) is 0 Å². The fourth-order valence-electron chi connectivity index (χ4n) is 3.63. The zero-order valence-electron chi connectivity index (χ0n) is 12.1. The van der Waals surface area contributed by atoms with Crippen LogP contribution in [0.3, 0.4) is 0 Å². The predicted molar refractivity (Wildman–Crippen MR) is 74.0 cm³/mol. The maximum Gasteiger partial charge on any atom is 0.306 e. The molecule has 2 aliphatic rings. The molecule has 1 saturated heterocycles. The zero-order chi connectivity index (χ0) is 14.0. The van der Waals surface area contributed by atoms with Gasteiger partial charge in [0.25, 0.3) is 0 Å². The number of carboxylic acid groups (broad SMARTS) is 1. The lowest BCUT2D eigenvalue weighted by atomic mass is 9.78. The Labute approximate surface area is 115 Å². The van der Waals surface area contributed by atoms with Crippen molar-refractivity contribution >= 4 is 5.97 Å². The number of nitrogens with zero attached hydrogens (tertiary/aromatic N) is 1. The van der Waals surface area contributed by atoms with Gasteiger partial charge in [-0.25, -0.2) is 0 Å². The molecule has 0 spiro atoms. The number of rotatable bonds is 3. The minimum absolute atomic E-state index is 0.251. The first kappa shape index (κ1) is 14.8. The van der Waals surface area contributed by atoms with Gasteiger partial charge in [-0.3, -0.25) is 9.69 Å². The second-order valence-corrected chi connectivity index (χ2v) is 6.79. The van der Waals surface area contributed by atoms with Crippen LogP contribution < -0.4 is 0 Å². The van der Waals surface area contributed by atoms with Crippen molar-refractivity contribution in [2.45, 2.75) is 64.0 Å². The van der Waals surface area contributed by atoms with Gasteiger partial charge in [0.05, 0.1) is 11.5 Å². The van der Waals surface area contributed by atoms with Crippen LogP contribution in [-0.2, 0) is 4.79 Å². The SMILES string of the molecule is CC1CCN(CC2(O)CCC(C(=O)O)CC2)C(C)C1. The lowest BCUT2D eigenvalue weighted by Crippen LogP contribution is -2.51. The van der Waals surface area contributed by atoms with Crippen molar-refractivity contribution in [3.63, 3.8) is 0 Å². The molecule has 0 aromatic carbocycles. The lowest BCUT2D eigenvalue weighted by Gasteiger charge is -2.43. The van der Waals surface area contributed by atoms with Crippen molar-refractivity contribution < 1.29 is 15.0 Å². The van der Waals surface area contributed by atoms with Gasteiger partial charge in [-0.15, -0.1) is 0 Å². The molecule has 4 nitrogen and oxygen atoms in total. The summed E-state index contributed by atoms with van der Waals surface area (Å²) >= 11 is 0. The van der Waals surface area contributed by atoms with Crippen LogP contribution in [0.1, 0.15) is 52.4 Å². The van der Waals surface area contributed by atoms with Crippen LogP contribution in [0.4, 0.5) is 0 Å². The molecule has 0 bridgehead atoms. The Morgan fingerprint density at radius 1 is 1.26 bits per heavy atom. The maximum absolute atomic E-state index is 11.0. The number of hydrogen-bond donors (Lipinski definition) is 2. The van der Waals surface area contributed by atoms with E-state index in [0.29, 0.717) is 38.3 Å². The van der Waals surface area contributed by atoms with Crippen LogP contribution in [0.25, 0.3) is 0 Å². The highest BCUT2D eigenvalue weighted by molar-refractivity contribution is 5.70. The van der Waals surface area contributed by atoms with E-state index in [1.54, 1.807) is 0 Å². The van der Waals surface area contributed by atoms with Gasteiger partial charge in [-0.05, 0) is 57.9 Å². The fraction of sp³-hybridized carbons (Fsp3) is 0.933. The molecule has 2 N–H and O–H groups in total. The summed E-state index contributed by atoms with van der Waals surface area (Å²) in [7, 11) is 0. The normalized spacial score (nSPS) is 41.1. The molecule has 1 saturated carbocycles. The van der Waals surface area contributed by atoms with E-state index in [9.17, 15) is 9.90 Å². The Kier molecular flexibility index (Phi) is 4.51. The maximum atomic E-state index is 11.0. The standard InChI is InChI=1S/C15H27NO3/c1-11-5-8-16(12(2)9-11)10-15(19)6-3-13(4-7-15)14(17)18/h11-13,19H,3-10H2,1-2H3,(H,17,18). The highest BCUT2D eigenvalue weighted by Crippen LogP contribution is 2.34. The average Bonchev–Trinajstić information content (AvgIpc) is 2.33. The molecule has 4 heteroatoms. The van der Waals surface area contributed by atoms with Crippen LogP contribution in [-0.4, -0.2) is 45.8 Å². The summed E-state index contributed by atoms with van der Waals surface area (Å²) in [5.41, 5.74) is -0.666. The molecule has 19 heavy (non-hydrogen) atoms. The second kappa shape index (κ2) is 5.80. The Bertz CT molecular complexity index is 323. The molecule has 0 aromatic heterocycles. The van der Waals surface area contributed by atoms with Crippen LogP contribution in [0.2, 0.25) is 0 Å². The Hall–Kier alpha value is -0.610. The Morgan fingerprint density at radius 3 is 2.42 bits per heavy atom. The van der Waals surface area contributed by atoms with E-state index in [1.807, 2.05) is 0 Å². The number of piperidine rings is 1. The summed E-state index contributed by atoms with van der Waals surface area (Å²) in [6.45, 7) is 6.31. The first-order valence-electron chi connectivity index (χ1n) is 7.59. The molecule has 0 radical (unpaired) electrons. The summed E-state index contributed by atoms with van der Waals surface area (Å²) in [5.74, 6) is -0.176. The first-order valence-corrected chi connectivity index (χ1v) is 7.59. The molecular weight excluding hydrogens is 242 g/mol. The molecule has 0 amide bonds. The van der Waals surface area contributed by atoms with E-state index in [1.165, 1.54) is 12.8 Å².